The van der Waals surface area contributed by atoms with Crippen LogP contribution in [0.5, 0.6) is 0 Å². The van der Waals surface area contributed by atoms with E-state index in [0.717, 1.165) is 10.5 Å². The van der Waals surface area contributed by atoms with E-state index in [-0.39, 0.29) is 35.9 Å². The van der Waals surface area contributed by atoms with Crippen LogP contribution in [0.4, 0.5) is 5.69 Å². The predicted octanol–water partition coefficient (Wildman–Crippen LogP) is 2.89. The van der Waals surface area contributed by atoms with E-state index >= 15 is 0 Å². The first-order valence-corrected chi connectivity index (χ1v) is 12.6. The van der Waals surface area contributed by atoms with E-state index in [0.29, 0.717) is 10.6 Å². The molecule has 1 saturated heterocycles. The lowest BCUT2D eigenvalue weighted by Crippen LogP contribution is -2.45. The summed E-state index contributed by atoms with van der Waals surface area (Å²) in [6.07, 6.45) is -0.160. The normalized spacial score (nSPS) is 15.9. The second-order valence-electron chi connectivity index (χ2n) is 8.10. The summed E-state index contributed by atoms with van der Waals surface area (Å²) >= 11 is 6.32. The third-order valence-electron chi connectivity index (χ3n) is 5.74. The van der Waals surface area contributed by atoms with Crippen LogP contribution >= 0.6 is 11.6 Å². The van der Waals surface area contributed by atoms with Gasteiger partial charge >= 0.3 is 0 Å². The number of amides is 3. The lowest BCUT2D eigenvalue weighted by Gasteiger charge is -2.28. The molecule has 8 nitrogen and oxygen atoms in total. The monoisotopic (exact) mass is 511 g/mol. The molecule has 1 aliphatic heterocycles. The average molecular weight is 512 g/mol. The molecule has 180 valence electrons. The molecule has 1 unspecified atom stereocenters. The lowest BCUT2D eigenvalue weighted by molar-refractivity contribution is -0.138. The van der Waals surface area contributed by atoms with E-state index in [1.165, 1.54) is 29.2 Å². The highest BCUT2D eigenvalue weighted by Gasteiger charge is 2.44. The Balaban J connectivity index is 1.64. The van der Waals surface area contributed by atoms with Gasteiger partial charge in [0.15, 0.2) is 0 Å². The van der Waals surface area contributed by atoms with E-state index in [9.17, 15) is 22.8 Å². The minimum absolute atomic E-state index is 0.0479. The molecule has 1 heterocycles. The first-order valence-electron chi connectivity index (χ1n) is 10.7. The Morgan fingerprint density at radius 1 is 0.971 bits per heavy atom. The number of rotatable bonds is 7. The van der Waals surface area contributed by atoms with E-state index in [1.807, 2.05) is 30.3 Å². The molecule has 0 aliphatic carbocycles. The van der Waals surface area contributed by atoms with Crippen LogP contribution in [-0.2, 0) is 37.4 Å². The molecule has 10 heteroatoms. The number of nitrogens with zero attached hydrogens (tertiary/aromatic N) is 2. The van der Waals surface area contributed by atoms with Gasteiger partial charge in [0.1, 0.15) is 6.04 Å². The zero-order valence-electron chi connectivity index (χ0n) is 18.5. The Labute approximate surface area is 208 Å². The Hall–Kier alpha value is -3.53. The third-order valence-corrected chi connectivity index (χ3v) is 7.04. The Morgan fingerprint density at radius 2 is 1.60 bits per heavy atom. The van der Waals surface area contributed by atoms with Crippen molar-refractivity contribution in [3.8, 4) is 0 Å². The number of primary sulfonamides is 1. The van der Waals surface area contributed by atoms with Crippen molar-refractivity contribution in [2.45, 2.75) is 30.3 Å². The summed E-state index contributed by atoms with van der Waals surface area (Å²) in [5.41, 5.74) is 1.61. The summed E-state index contributed by atoms with van der Waals surface area (Å²) in [7, 11) is -3.93. The molecule has 4 rings (SSSR count). The van der Waals surface area contributed by atoms with Gasteiger partial charge in [-0.15, -0.1) is 0 Å². The van der Waals surface area contributed by atoms with E-state index in [2.05, 4.69) is 0 Å². The smallest absolute Gasteiger partial charge is 0.257 e. The van der Waals surface area contributed by atoms with Gasteiger partial charge in [-0.25, -0.2) is 18.5 Å². The number of anilines is 1. The molecule has 1 fully saturated rings. The van der Waals surface area contributed by atoms with Crippen molar-refractivity contribution in [1.82, 2.24) is 4.90 Å². The van der Waals surface area contributed by atoms with Gasteiger partial charge in [0.05, 0.1) is 23.4 Å². The number of nitrogens with two attached hydrogens (primary N) is 1. The molecule has 0 radical (unpaired) electrons. The Bertz CT molecular complexity index is 1380. The zero-order chi connectivity index (χ0) is 25.2. The largest absolute Gasteiger partial charge is 0.325 e. The number of carbonyl (C=O) groups is 3. The van der Waals surface area contributed by atoms with E-state index < -0.39 is 27.9 Å². The van der Waals surface area contributed by atoms with E-state index in [4.69, 9.17) is 16.7 Å². The van der Waals surface area contributed by atoms with Crippen LogP contribution < -0.4 is 10.0 Å². The number of sulfonamides is 1. The standard InChI is InChI=1S/C25H22ClN3O5S/c26-21-9-5-4-8-18(21)16-28(23(30)14-17-6-2-1-3-7-17)22-15-24(31)29(25(22)32)19-10-12-20(13-11-19)35(27,33)34/h1-13,22H,14-16H2,(H2,27,33,34). The molecule has 0 aromatic heterocycles. The van der Waals surface area contributed by atoms with Gasteiger partial charge in [-0.05, 0) is 41.5 Å². The fourth-order valence-corrected chi connectivity index (χ4v) is 4.68. The summed E-state index contributed by atoms with van der Waals surface area (Å²) in [4.78, 5) is 41.9. The topological polar surface area (TPSA) is 118 Å². The molecule has 35 heavy (non-hydrogen) atoms. The first kappa shape index (κ1) is 24.6. The first-order chi connectivity index (χ1) is 16.6. The summed E-state index contributed by atoms with van der Waals surface area (Å²) in [6, 6.07) is 20.2. The number of hydrogen-bond acceptors (Lipinski definition) is 5. The molecule has 3 aromatic carbocycles. The van der Waals surface area contributed by atoms with Crippen LogP contribution in [0.15, 0.2) is 83.8 Å². The number of hydrogen-bond donors (Lipinski definition) is 1. The molecule has 0 bridgehead atoms. The molecule has 1 atom stereocenters. The third kappa shape index (κ3) is 5.43. The summed E-state index contributed by atoms with van der Waals surface area (Å²) in [6.45, 7) is 0.0488. The van der Waals surface area contributed by atoms with Crippen molar-refractivity contribution < 1.29 is 22.8 Å². The lowest BCUT2D eigenvalue weighted by atomic mass is 10.1. The van der Waals surface area contributed by atoms with Gasteiger partial charge < -0.3 is 4.90 Å². The predicted molar refractivity (Wildman–Crippen MR) is 131 cm³/mol. The zero-order valence-corrected chi connectivity index (χ0v) is 20.1. The average Bonchev–Trinajstić information content (AvgIpc) is 3.12. The van der Waals surface area contributed by atoms with Crippen molar-refractivity contribution in [3.63, 3.8) is 0 Å². The van der Waals surface area contributed by atoms with Crippen molar-refractivity contribution in [1.29, 1.82) is 0 Å². The SMILES string of the molecule is NS(=O)(=O)c1ccc(N2C(=O)CC(N(Cc3ccccc3Cl)C(=O)Cc3ccccc3)C2=O)cc1. The van der Waals surface area contributed by atoms with Crippen LogP contribution in [0.2, 0.25) is 5.02 Å². The van der Waals surface area contributed by atoms with Gasteiger partial charge in [0, 0.05) is 11.6 Å². The second kappa shape index (κ2) is 9.99. The Morgan fingerprint density at radius 3 is 2.23 bits per heavy atom. The summed E-state index contributed by atoms with van der Waals surface area (Å²) < 4.78 is 23.1. The van der Waals surface area contributed by atoms with Crippen LogP contribution in [0.25, 0.3) is 0 Å². The molecule has 2 N–H and O–H groups in total. The maximum atomic E-state index is 13.4. The molecular formula is C25H22ClN3O5S. The fourth-order valence-electron chi connectivity index (χ4n) is 3.97. The van der Waals surface area contributed by atoms with Crippen molar-refractivity contribution in [3.05, 3.63) is 95.0 Å². The molecule has 3 aromatic rings. The highest BCUT2D eigenvalue weighted by molar-refractivity contribution is 7.89. The number of carbonyl (C=O) groups excluding carboxylic acids is 3. The van der Waals surface area contributed by atoms with Gasteiger partial charge in [0.25, 0.3) is 5.91 Å². The minimum Gasteiger partial charge on any atom is -0.325 e. The number of benzene rings is 3. The maximum Gasteiger partial charge on any atom is 0.257 e. The van der Waals surface area contributed by atoms with Crippen molar-refractivity contribution >= 4 is 45.0 Å². The molecule has 3 amide bonds. The van der Waals surface area contributed by atoms with Crippen LogP contribution in [-0.4, -0.2) is 37.1 Å². The quantitative estimate of drug-likeness (QED) is 0.489. The highest BCUT2D eigenvalue weighted by atomic mass is 35.5. The van der Waals surface area contributed by atoms with Gasteiger partial charge in [-0.1, -0.05) is 60.1 Å². The molecule has 0 saturated carbocycles. The van der Waals surface area contributed by atoms with E-state index in [1.54, 1.807) is 24.3 Å². The molecule has 0 spiro atoms. The van der Waals surface area contributed by atoms with Gasteiger partial charge in [0.2, 0.25) is 21.8 Å². The van der Waals surface area contributed by atoms with Crippen LogP contribution in [0.1, 0.15) is 17.5 Å². The second-order valence-corrected chi connectivity index (χ2v) is 10.1. The highest BCUT2D eigenvalue weighted by Crippen LogP contribution is 2.29. The maximum absolute atomic E-state index is 13.4. The van der Waals surface area contributed by atoms with Gasteiger partial charge in [-0.2, -0.15) is 0 Å². The number of halogens is 1. The van der Waals surface area contributed by atoms with Crippen molar-refractivity contribution in [2.24, 2.45) is 5.14 Å². The summed E-state index contributed by atoms with van der Waals surface area (Å²) in [5.74, 6) is -1.40. The molecule has 1 aliphatic rings. The molecular weight excluding hydrogens is 490 g/mol. The van der Waals surface area contributed by atoms with Gasteiger partial charge in [-0.3, -0.25) is 14.4 Å². The van der Waals surface area contributed by atoms with Crippen LogP contribution in [0.3, 0.4) is 0 Å². The number of imide groups is 1. The van der Waals surface area contributed by atoms with Crippen molar-refractivity contribution in [2.75, 3.05) is 4.90 Å². The minimum atomic E-state index is -3.93. The fraction of sp³-hybridized carbons (Fsp3) is 0.160. The Kier molecular flexibility index (Phi) is 7.02. The van der Waals surface area contributed by atoms with Crippen LogP contribution in [0, 0.1) is 0 Å². The summed E-state index contributed by atoms with van der Waals surface area (Å²) in [5, 5.41) is 5.57.